The van der Waals surface area contributed by atoms with Crippen molar-refractivity contribution in [2.75, 3.05) is 0 Å². The van der Waals surface area contributed by atoms with E-state index in [1.807, 2.05) is 13.0 Å². The second-order valence-electron chi connectivity index (χ2n) is 6.23. The highest BCUT2D eigenvalue weighted by Crippen LogP contribution is 2.36. The Morgan fingerprint density at radius 1 is 1.04 bits per heavy atom. The van der Waals surface area contributed by atoms with E-state index in [4.69, 9.17) is 0 Å². The molecule has 23 heavy (non-hydrogen) atoms. The van der Waals surface area contributed by atoms with Crippen LogP contribution in [0.25, 0.3) is 0 Å². The molecule has 0 heteroatoms. The molecule has 0 rings (SSSR count). The maximum Gasteiger partial charge on any atom is 0.00999 e. The molecule has 0 aliphatic heterocycles. The van der Waals surface area contributed by atoms with Crippen molar-refractivity contribution in [3.05, 3.63) is 72.4 Å². The van der Waals surface area contributed by atoms with Crippen molar-refractivity contribution in [1.29, 1.82) is 0 Å². The number of hydrogen-bond acceptors (Lipinski definition) is 0. The SMILES string of the molecule is C=CCCC=C(C=CC=CC)CC(C)(C=CCC)C(C)=CCC. The molecular formula is C23H36. The molecule has 128 valence electrons. The van der Waals surface area contributed by atoms with Gasteiger partial charge in [0.25, 0.3) is 0 Å². The fourth-order valence-electron chi connectivity index (χ4n) is 2.55. The lowest BCUT2D eigenvalue weighted by Gasteiger charge is -2.28. The molecule has 0 aromatic heterocycles. The Bertz CT molecular complexity index is 468. The second kappa shape index (κ2) is 12.9. The maximum atomic E-state index is 3.82. The predicted molar refractivity (Wildman–Crippen MR) is 108 cm³/mol. The Balaban J connectivity index is 5.47. The van der Waals surface area contributed by atoms with Gasteiger partial charge in [0.15, 0.2) is 0 Å². The first kappa shape index (κ1) is 21.4. The Morgan fingerprint density at radius 3 is 2.35 bits per heavy atom. The summed E-state index contributed by atoms with van der Waals surface area (Å²) >= 11 is 0. The molecule has 0 saturated carbocycles. The normalized spacial score (nSPS) is 16.6. The van der Waals surface area contributed by atoms with Crippen LogP contribution in [0.4, 0.5) is 0 Å². The Hall–Kier alpha value is -1.56. The van der Waals surface area contributed by atoms with Crippen LogP contribution in [0.1, 0.15) is 66.7 Å². The van der Waals surface area contributed by atoms with E-state index in [-0.39, 0.29) is 5.41 Å². The van der Waals surface area contributed by atoms with Crippen molar-refractivity contribution < 1.29 is 0 Å². The van der Waals surface area contributed by atoms with Gasteiger partial charge < -0.3 is 0 Å². The van der Waals surface area contributed by atoms with E-state index >= 15 is 0 Å². The molecule has 0 heterocycles. The van der Waals surface area contributed by atoms with Crippen molar-refractivity contribution >= 4 is 0 Å². The molecule has 0 saturated heterocycles. The van der Waals surface area contributed by atoms with Crippen LogP contribution >= 0.6 is 0 Å². The first-order valence-corrected chi connectivity index (χ1v) is 8.98. The highest BCUT2D eigenvalue weighted by atomic mass is 14.3. The van der Waals surface area contributed by atoms with Gasteiger partial charge in [-0.15, -0.1) is 6.58 Å². The van der Waals surface area contributed by atoms with Crippen LogP contribution in [-0.4, -0.2) is 0 Å². The summed E-state index contributed by atoms with van der Waals surface area (Å²) < 4.78 is 0. The van der Waals surface area contributed by atoms with Crippen LogP contribution in [0.3, 0.4) is 0 Å². The summed E-state index contributed by atoms with van der Waals surface area (Å²) in [6, 6.07) is 0. The molecular weight excluding hydrogens is 276 g/mol. The number of hydrogen-bond donors (Lipinski definition) is 0. The minimum atomic E-state index is 0.0896. The molecule has 1 atom stereocenters. The molecule has 0 amide bonds. The molecule has 0 aromatic carbocycles. The smallest absolute Gasteiger partial charge is 0.00999 e. The summed E-state index contributed by atoms with van der Waals surface area (Å²) in [4.78, 5) is 0. The zero-order valence-electron chi connectivity index (χ0n) is 15.9. The van der Waals surface area contributed by atoms with Gasteiger partial charge in [-0.05, 0) is 46.0 Å². The fraction of sp³-hybridized carbons (Fsp3) is 0.478. The lowest BCUT2D eigenvalue weighted by atomic mass is 9.76. The van der Waals surface area contributed by atoms with Crippen LogP contribution < -0.4 is 0 Å². The van der Waals surface area contributed by atoms with E-state index in [9.17, 15) is 0 Å². The van der Waals surface area contributed by atoms with E-state index in [1.165, 1.54) is 11.1 Å². The summed E-state index contributed by atoms with van der Waals surface area (Å²) in [6.07, 6.45) is 25.2. The maximum absolute atomic E-state index is 3.82. The minimum absolute atomic E-state index is 0.0896. The molecule has 0 nitrogen and oxygen atoms in total. The first-order chi connectivity index (χ1) is 11.0. The third kappa shape index (κ3) is 9.23. The first-order valence-electron chi connectivity index (χ1n) is 8.98. The molecule has 0 spiro atoms. The van der Waals surface area contributed by atoms with Gasteiger partial charge in [0.05, 0.1) is 0 Å². The predicted octanol–water partition coefficient (Wildman–Crippen LogP) is 7.73. The van der Waals surface area contributed by atoms with Gasteiger partial charge in [-0.1, -0.05) is 86.6 Å². The van der Waals surface area contributed by atoms with Crippen molar-refractivity contribution in [3.63, 3.8) is 0 Å². The molecule has 0 radical (unpaired) electrons. The Morgan fingerprint density at radius 2 is 1.78 bits per heavy atom. The minimum Gasteiger partial charge on any atom is -0.103 e. The molecule has 0 aliphatic rings. The summed E-state index contributed by atoms with van der Waals surface area (Å²) in [5, 5.41) is 0. The van der Waals surface area contributed by atoms with Crippen LogP contribution in [0, 0.1) is 5.41 Å². The lowest BCUT2D eigenvalue weighted by molar-refractivity contribution is 0.508. The van der Waals surface area contributed by atoms with Crippen molar-refractivity contribution in [1.82, 2.24) is 0 Å². The highest BCUT2D eigenvalue weighted by molar-refractivity contribution is 5.30. The second-order valence-corrected chi connectivity index (χ2v) is 6.23. The summed E-state index contributed by atoms with van der Waals surface area (Å²) in [7, 11) is 0. The number of allylic oxidation sites excluding steroid dienone is 11. The van der Waals surface area contributed by atoms with E-state index < -0.39 is 0 Å². The lowest BCUT2D eigenvalue weighted by Crippen LogP contribution is -2.16. The largest absolute Gasteiger partial charge is 0.103 e. The molecule has 0 bridgehead atoms. The van der Waals surface area contributed by atoms with Gasteiger partial charge in [-0.3, -0.25) is 0 Å². The van der Waals surface area contributed by atoms with Crippen molar-refractivity contribution in [3.8, 4) is 0 Å². The molecule has 0 N–H and O–H groups in total. The van der Waals surface area contributed by atoms with Gasteiger partial charge in [-0.2, -0.15) is 0 Å². The van der Waals surface area contributed by atoms with E-state index in [0.29, 0.717) is 0 Å². The Kier molecular flexibility index (Phi) is 12.1. The zero-order valence-corrected chi connectivity index (χ0v) is 15.9. The average molecular weight is 313 g/mol. The molecule has 1 unspecified atom stereocenters. The van der Waals surface area contributed by atoms with Gasteiger partial charge in [-0.25, -0.2) is 0 Å². The summed E-state index contributed by atoms with van der Waals surface area (Å²) in [6.45, 7) is 14.9. The van der Waals surface area contributed by atoms with Crippen LogP contribution in [-0.2, 0) is 0 Å². The van der Waals surface area contributed by atoms with E-state index in [2.05, 4.69) is 82.9 Å². The van der Waals surface area contributed by atoms with Crippen molar-refractivity contribution in [2.24, 2.45) is 5.41 Å². The topological polar surface area (TPSA) is 0 Å². The van der Waals surface area contributed by atoms with E-state index in [0.717, 1.165) is 32.1 Å². The molecule has 0 fully saturated rings. The van der Waals surface area contributed by atoms with E-state index in [1.54, 1.807) is 0 Å². The van der Waals surface area contributed by atoms with Crippen LogP contribution in [0.2, 0.25) is 0 Å². The van der Waals surface area contributed by atoms with Gasteiger partial charge in [0, 0.05) is 5.41 Å². The molecule has 0 aromatic rings. The summed E-state index contributed by atoms with van der Waals surface area (Å²) in [5.74, 6) is 0. The third-order valence-corrected chi connectivity index (χ3v) is 4.10. The highest BCUT2D eigenvalue weighted by Gasteiger charge is 2.23. The zero-order chi connectivity index (χ0) is 17.6. The molecule has 0 aliphatic carbocycles. The Labute approximate surface area is 145 Å². The van der Waals surface area contributed by atoms with Crippen LogP contribution in [0.15, 0.2) is 72.4 Å². The number of rotatable bonds is 11. The van der Waals surface area contributed by atoms with Gasteiger partial charge in [0.1, 0.15) is 0 Å². The van der Waals surface area contributed by atoms with Crippen LogP contribution in [0.5, 0.6) is 0 Å². The van der Waals surface area contributed by atoms with Gasteiger partial charge in [0.2, 0.25) is 0 Å². The number of unbranched alkanes of at least 4 members (excludes halogenated alkanes) is 1. The third-order valence-electron chi connectivity index (χ3n) is 4.10. The monoisotopic (exact) mass is 312 g/mol. The van der Waals surface area contributed by atoms with Gasteiger partial charge >= 0.3 is 0 Å². The standard InChI is InChI=1S/C23H36/c1-7-11-14-17-22(18-15-12-8-2)20-23(6,19-13-9-3)21(5)16-10-4/h7-8,12-13,15-19H,1,9-11,14,20H2,2-6H3. The summed E-state index contributed by atoms with van der Waals surface area (Å²) in [5.41, 5.74) is 2.95. The fourth-order valence-corrected chi connectivity index (χ4v) is 2.55. The quantitative estimate of drug-likeness (QED) is 0.208. The van der Waals surface area contributed by atoms with Crippen molar-refractivity contribution in [2.45, 2.75) is 66.7 Å². The average Bonchev–Trinajstić information content (AvgIpc) is 2.53.